The number of carbonyl (C=O) groups is 1. The highest BCUT2D eigenvalue weighted by Crippen LogP contribution is 2.46. The van der Waals surface area contributed by atoms with E-state index in [-0.39, 0.29) is 0 Å². The van der Waals surface area contributed by atoms with Gasteiger partial charge in [0, 0.05) is 0 Å². The molecule has 0 radical (unpaired) electrons. The van der Waals surface area contributed by atoms with E-state index < -0.39 is 17.5 Å². The molecule has 3 nitrogen and oxygen atoms in total. The number of hydrogen-bond donors (Lipinski definition) is 2. The summed E-state index contributed by atoms with van der Waals surface area (Å²) < 4.78 is 0. The summed E-state index contributed by atoms with van der Waals surface area (Å²) in [6, 6.07) is 0. The van der Waals surface area contributed by atoms with Gasteiger partial charge in [0.2, 0.25) is 0 Å². The highest BCUT2D eigenvalue weighted by Gasteiger charge is 2.45. The van der Waals surface area contributed by atoms with E-state index in [1.807, 2.05) is 0 Å². The molecule has 0 aromatic rings. The molecule has 0 aromatic carbocycles. The topological polar surface area (TPSA) is 57.5 Å². The van der Waals surface area contributed by atoms with Gasteiger partial charge in [-0.1, -0.05) is 32.6 Å². The van der Waals surface area contributed by atoms with Crippen LogP contribution in [0.15, 0.2) is 0 Å². The van der Waals surface area contributed by atoms with Gasteiger partial charge in [-0.15, -0.1) is 0 Å². The first-order valence-corrected chi connectivity index (χ1v) is 7.43. The lowest BCUT2D eigenvalue weighted by Gasteiger charge is -2.28. The molecule has 2 aliphatic rings. The van der Waals surface area contributed by atoms with Gasteiger partial charge in [-0.25, -0.2) is 0 Å². The summed E-state index contributed by atoms with van der Waals surface area (Å²) in [5.74, 6) is 0.418. The Hall–Kier alpha value is -0.570. The zero-order chi connectivity index (χ0) is 13.2. The lowest BCUT2D eigenvalue weighted by Crippen LogP contribution is -2.33. The Morgan fingerprint density at radius 3 is 2.50 bits per heavy atom. The summed E-state index contributed by atoms with van der Waals surface area (Å²) in [7, 11) is 0. The van der Waals surface area contributed by atoms with Crippen molar-refractivity contribution in [3.63, 3.8) is 0 Å². The molecular weight excluding hydrogens is 228 g/mol. The second kappa shape index (κ2) is 5.60. The number of aliphatic carboxylic acids is 1. The first-order valence-electron chi connectivity index (χ1n) is 7.43. The average Bonchev–Trinajstić information content (AvgIpc) is 2.89. The molecule has 0 amide bonds. The van der Waals surface area contributed by atoms with E-state index in [0.717, 1.165) is 25.7 Å². The molecule has 0 aromatic heterocycles. The fraction of sp³-hybridized carbons (Fsp3) is 0.933. The summed E-state index contributed by atoms with van der Waals surface area (Å²) in [6.45, 7) is 2.12. The third-order valence-corrected chi connectivity index (χ3v) is 5.02. The minimum atomic E-state index is -0.697. The molecule has 2 N–H and O–H groups in total. The standard InChI is InChI=1S/C15H26O3/c1-11-6-7-15(9-11,14(17)18)10-13(16)8-12-4-2-3-5-12/h11-13,16H,2-10H2,1H3,(H,17,18). The van der Waals surface area contributed by atoms with Crippen molar-refractivity contribution < 1.29 is 15.0 Å². The number of aliphatic hydroxyl groups is 1. The lowest BCUT2D eigenvalue weighted by molar-refractivity contribution is -0.151. The molecule has 2 rings (SSSR count). The molecule has 3 atom stereocenters. The van der Waals surface area contributed by atoms with Gasteiger partial charge >= 0.3 is 5.97 Å². The molecule has 0 heterocycles. The Bertz CT molecular complexity index is 296. The van der Waals surface area contributed by atoms with Crippen molar-refractivity contribution in [3.8, 4) is 0 Å². The van der Waals surface area contributed by atoms with E-state index in [0.29, 0.717) is 18.3 Å². The molecule has 0 bridgehead atoms. The highest BCUT2D eigenvalue weighted by atomic mass is 16.4. The fourth-order valence-corrected chi connectivity index (χ4v) is 4.03. The zero-order valence-electron chi connectivity index (χ0n) is 11.4. The van der Waals surface area contributed by atoms with Gasteiger partial charge in [0.15, 0.2) is 0 Å². The van der Waals surface area contributed by atoms with Crippen molar-refractivity contribution in [1.82, 2.24) is 0 Å². The maximum absolute atomic E-state index is 11.5. The van der Waals surface area contributed by atoms with Crippen LogP contribution in [0.4, 0.5) is 0 Å². The van der Waals surface area contributed by atoms with Gasteiger partial charge in [-0.05, 0) is 43.9 Å². The van der Waals surface area contributed by atoms with Gasteiger partial charge in [0.05, 0.1) is 11.5 Å². The van der Waals surface area contributed by atoms with Crippen LogP contribution < -0.4 is 0 Å². The summed E-state index contributed by atoms with van der Waals surface area (Å²) in [5, 5.41) is 19.7. The van der Waals surface area contributed by atoms with Crippen LogP contribution in [0.1, 0.15) is 64.7 Å². The minimum absolute atomic E-state index is 0.422. The van der Waals surface area contributed by atoms with E-state index in [4.69, 9.17) is 0 Å². The van der Waals surface area contributed by atoms with Crippen molar-refractivity contribution in [3.05, 3.63) is 0 Å². The van der Waals surface area contributed by atoms with E-state index in [2.05, 4.69) is 6.92 Å². The second-order valence-electron chi connectivity index (χ2n) is 6.68. The molecule has 0 spiro atoms. The largest absolute Gasteiger partial charge is 0.481 e. The molecule has 3 unspecified atom stereocenters. The second-order valence-corrected chi connectivity index (χ2v) is 6.68. The van der Waals surface area contributed by atoms with Gasteiger partial charge in [0.1, 0.15) is 0 Å². The summed E-state index contributed by atoms with van der Waals surface area (Å²) in [4.78, 5) is 11.5. The van der Waals surface area contributed by atoms with Gasteiger partial charge < -0.3 is 10.2 Å². The number of carboxylic acids is 1. The third kappa shape index (κ3) is 3.05. The number of hydrogen-bond acceptors (Lipinski definition) is 2. The van der Waals surface area contributed by atoms with Crippen molar-refractivity contribution in [2.24, 2.45) is 17.3 Å². The van der Waals surface area contributed by atoms with Gasteiger partial charge in [-0.2, -0.15) is 0 Å². The minimum Gasteiger partial charge on any atom is -0.481 e. The smallest absolute Gasteiger partial charge is 0.309 e. The number of rotatable bonds is 5. The first kappa shape index (κ1) is 13.9. The van der Waals surface area contributed by atoms with Crippen LogP contribution in [-0.4, -0.2) is 22.3 Å². The Kier molecular flexibility index (Phi) is 4.31. The average molecular weight is 254 g/mol. The zero-order valence-corrected chi connectivity index (χ0v) is 11.4. The van der Waals surface area contributed by atoms with Crippen LogP contribution in [0.2, 0.25) is 0 Å². The fourth-order valence-electron chi connectivity index (χ4n) is 4.03. The Morgan fingerprint density at radius 1 is 1.33 bits per heavy atom. The molecule has 18 heavy (non-hydrogen) atoms. The van der Waals surface area contributed by atoms with Crippen LogP contribution in [0, 0.1) is 17.3 Å². The maximum atomic E-state index is 11.5. The molecular formula is C15H26O3. The highest BCUT2D eigenvalue weighted by molar-refractivity contribution is 5.75. The Balaban J connectivity index is 1.90. The van der Waals surface area contributed by atoms with Crippen LogP contribution >= 0.6 is 0 Å². The van der Waals surface area contributed by atoms with E-state index >= 15 is 0 Å². The van der Waals surface area contributed by atoms with Crippen molar-refractivity contribution >= 4 is 5.97 Å². The molecule has 3 heteroatoms. The maximum Gasteiger partial charge on any atom is 0.309 e. The Labute approximate surface area is 110 Å². The monoisotopic (exact) mass is 254 g/mol. The molecule has 2 fully saturated rings. The predicted octanol–water partition coefficient (Wildman–Crippen LogP) is 3.21. The molecule has 2 saturated carbocycles. The van der Waals surface area contributed by atoms with E-state index in [9.17, 15) is 15.0 Å². The quantitative estimate of drug-likeness (QED) is 0.792. The predicted molar refractivity (Wildman–Crippen MR) is 70.3 cm³/mol. The van der Waals surface area contributed by atoms with E-state index in [1.54, 1.807) is 0 Å². The third-order valence-electron chi connectivity index (χ3n) is 5.02. The first-order chi connectivity index (χ1) is 8.52. The van der Waals surface area contributed by atoms with Crippen LogP contribution in [0.25, 0.3) is 0 Å². The van der Waals surface area contributed by atoms with E-state index in [1.165, 1.54) is 25.7 Å². The van der Waals surface area contributed by atoms with Crippen molar-refractivity contribution in [1.29, 1.82) is 0 Å². The van der Waals surface area contributed by atoms with Crippen molar-refractivity contribution in [2.45, 2.75) is 70.8 Å². The normalized spacial score (nSPS) is 34.9. The van der Waals surface area contributed by atoms with Crippen molar-refractivity contribution in [2.75, 3.05) is 0 Å². The number of aliphatic hydroxyl groups excluding tert-OH is 1. The summed E-state index contributed by atoms with van der Waals surface area (Å²) in [5.41, 5.74) is -0.641. The van der Waals surface area contributed by atoms with Crippen LogP contribution in [0.5, 0.6) is 0 Å². The van der Waals surface area contributed by atoms with Gasteiger partial charge in [0.25, 0.3) is 0 Å². The Morgan fingerprint density at radius 2 is 2.00 bits per heavy atom. The molecule has 104 valence electrons. The SMILES string of the molecule is CC1CCC(CC(O)CC2CCCC2)(C(=O)O)C1. The summed E-state index contributed by atoms with van der Waals surface area (Å²) in [6.07, 6.45) is 8.30. The molecule has 2 aliphatic carbocycles. The van der Waals surface area contributed by atoms with Gasteiger partial charge in [-0.3, -0.25) is 4.79 Å². The van der Waals surface area contributed by atoms with Crippen LogP contribution in [-0.2, 0) is 4.79 Å². The molecule has 0 aliphatic heterocycles. The lowest BCUT2D eigenvalue weighted by atomic mass is 9.78. The number of carboxylic acid groups (broad SMARTS) is 1. The molecule has 0 saturated heterocycles. The summed E-state index contributed by atoms with van der Waals surface area (Å²) >= 11 is 0. The van der Waals surface area contributed by atoms with Crippen LogP contribution in [0.3, 0.4) is 0 Å².